The molecule has 3 rings (SSSR count). The van der Waals surface area contributed by atoms with Crippen molar-refractivity contribution in [3.05, 3.63) is 72.2 Å². The van der Waals surface area contributed by atoms with Crippen LogP contribution in [0, 0.1) is 0 Å². The number of pyridine rings is 1. The van der Waals surface area contributed by atoms with Crippen LogP contribution in [0.15, 0.2) is 60.8 Å². The Morgan fingerprint density at radius 2 is 1.95 bits per heavy atom. The predicted molar refractivity (Wildman–Crippen MR) is 75.9 cm³/mol. The van der Waals surface area contributed by atoms with Gasteiger partial charge < -0.3 is 4.98 Å². The molecule has 92 valence electrons. The zero-order chi connectivity index (χ0) is 13.1. The van der Waals surface area contributed by atoms with Crippen molar-refractivity contribution in [1.82, 2.24) is 9.97 Å². The highest BCUT2D eigenvalue weighted by Gasteiger charge is 2.01. The Bertz CT molecular complexity index is 742. The van der Waals surface area contributed by atoms with E-state index in [0.29, 0.717) is 5.69 Å². The summed E-state index contributed by atoms with van der Waals surface area (Å²) in [6.07, 6.45) is 4.99. The van der Waals surface area contributed by atoms with Gasteiger partial charge in [-0.15, -0.1) is 0 Å². The minimum absolute atomic E-state index is 0.0556. The number of fused-ring (bicyclic) bond motifs is 1. The zero-order valence-corrected chi connectivity index (χ0v) is 10.2. The van der Waals surface area contributed by atoms with Crippen molar-refractivity contribution in [2.45, 2.75) is 0 Å². The molecule has 2 heterocycles. The first-order chi connectivity index (χ1) is 9.33. The summed E-state index contributed by atoms with van der Waals surface area (Å²) in [6, 6.07) is 15.4. The van der Waals surface area contributed by atoms with Gasteiger partial charge in [0, 0.05) is 11.6 Å². The number of nitrogens with zero attached hydrogens (tertiary/aromatic N) is 1. The van der Waals surface area contributed by atoms with Crippen LogP contribution in [0.5, 0.6) is 0 Å². The average molecular weight is 248 g/mol. The molecule has 1 N–H and O–H groups in total. The van der Waals surface area contributed by atoms with E-state index < -0.39 is 0 Å². The maximum Gasteiger partial charge on any atom is 0.202 e. The summed E-state index contributed by atoms with van der Waals surface area (Å²) in [6.45, 7) is 0. The van der Waals surface area contributed by atoms with Gasteiger partial charge in [-0.3, -0.25) is 4.79 Å². The minimum Gasteiger partial charge on any atom is -0.359 e. The molecule has 3 heteroatoms. The van der Waals surface area contributed by atoms with Crippen molar-refractivity contribution < 1.29 is 4.79 Å². The Kier molecular flexibility index (Phi) is 2.94. The topological polar surface area (TPSA) is 45.8 Å². The Labute approximate surface area is 110 Å². The van der Waals surface area contributed by atoms with Crippen molar-refractivity contribution >= 4 is 22.8 Å². The number of benzene rings is 1. The van der Waals surface area contributed by atoms with Crippen LogP contribution in [0.3, 0.4) is 0 Å². The van der Waals surface area contributed by atoms with Gasteiger partial charge in [0.25, 0.3) is 0 Å². The molecule has 3 aromatic rings. The number of rotatable bonds is 3. The number of hydrogen-bond acceptors (Lipinski definition) is 2. The van der Waals surface area contributed by atoms with E-state index in [2.05, 4.69) is 9.97 Å². The molecular formula is C16H12N2O. The molecule has 19 heavy (non-hydrogen) atoms. The first-order valence-electron chi connectivity index (χ1n) is 6.04. The molecular weight excluding hydrogens is 236 g/mol. The third-order valence-electron chi connectivity index (χ3n) is 2.89. The molecule has 0 amide bonds. The molecule has 1 aromatic carbocycles. The molecule has 3 nitrogen and oxygen atoms in total. The van der Waals surface area contributed by atoms with E-state index in [0.717, 1.165) is 16.6 Å². The first-order valence-corrected chi connectivity index (χ1v) is 6.04. The van der Waals surface area contributed by atoms with Crippen LogP contribution in [0.4, 0.5) is 0 Å². The molecule has 0 saturated heterocycles. The van der Waals surface area contributed by atoms with Gasteiger partial charge in [-0.2, -0.15) is 0 Å². The first kappa shape index (κ1) is 11.4. The number of carbonyl (C=O) groups is 1. The van der Waals surface area contributed by atoms with Crippen molar-refractivity contribution in [3.63, 3.8) is 0 Å². The second-order valence-corrected chi connectivity index (χ2v) is 4.21. The Morgan fingerprint density at radius 1 is 1.05 bits per heavy atom. The largest absolute Gasteiger partial charge is 0.359 e. The minimum atomic E-state index is -0.0556. The Morgan fingerprint density at radius 3 is 2.79 bits per heavy atom. The highest BCUT2D eigenvalue weighted by molar-refractivity contribution is 6.05. The van der Waals surface area contributed by atoms with Gasteiger partial charge in [-0.1, -0.05) is 24.3 Å². The van der Waals surface area contributed by atoms with Gasteiger partial charge in [0.1, 0.15) is 0 Å². The zero-order valence-electron chi connectivity index (χ0n) is 10.2. The molecule has 0 saturated carbocycles. The number of ketones is 1. The van der Waals surface area contributed by atoms with Gasteiger partial charge in [-0.25, -0.2) is 4.98 Å². The summed E-state index contributed by atoms with van der Waals surface area (Å²) in [5, 5.41) is 1.09. The molecule has 0 radical (unpaired) electrons. The summed E-state index contributed by atoms with van der Waals surface area (Å²) in [5.74, 6) is -0.0556. The van der Waals surface area contributed by atoms with Gasteiger partial charge in [-0.05, 0) is 36.4 Å². The monoisotopic (exact) mass is 248 g/mol. The van der Waals surface area contributed by atoms with E-state index in [1.807, 2.05) is 36.4 Å². The van der Waals surface area contributed by atoms with Crippen LogP contribution in [0.1, 0.15) is 16.2 Å². The number of allylic oxidation sites excluding steroid dienone is 1. The second kappa shape index (κ2) is 4.90. The lowest BCUT2D eigenvalue weighted by atomic mass is 10.2. The van der Waals surface area contributed by atoms with Crippen LogP contribution >= 0.6 is 0 Å². The summed E-state index contributed by atoms with van der Waals surface area (Å²) >= 11 is 0. The maximum absolute atomic E-state index is 11.8. The highest BCUT2D eigenvalue weighted by atomic mass is 16.1. The van der Waals surface area contributed by atoms with E-state index in [1.165, 1.54) is 6.08 Å². The number of H-pyrrole nitrogens is 1. The predicted octanol–water partition coefficient (Wildman–Crippen LogP) is 3.46. The van der Waals surface area contributed by atoms with Gasteiger partial charge in [0.2, 0.25) is 5.78 Å². The van der Waals surface area contributed by atoms with Gasteiger partial charge in [0.05, 0.1) is 16.9 Å². The molecule has 0 fully saturated rings. The summed E-state index contributed by atoms with van der Waals surface area (Å²) in [4.78, 5) is 19.2. The summed E-state index contributed by atoms with van der Waals surface area (Å²) in [7, 11) is 0. The highest BCUT2D eigenvalue weighted by Crippen LogP contribution is 2.12. The molecule has 0 unspecified atom stereocenters. The molecule has 0 aliphatic heterocycles. The maximum atomic E-state index is 11.8. The number of hydrogen-bond donors (Lipinski definition) is 1. The number of nitrogens with one attached hydrogen (secondary N) is 1. The standard InChI is InChI=1S/C16H12N2O/c19-16(15-6-3-11-17-15)10-9-13-8-7-12-4-1-2-5-14(12)18-13/h1-11,17H/b10-9+. The molecule has 0 spiro atoms. The van der Waals surface area contributed by atoms with Crippen molar-refractivity contribution in [2.24, 2.45) is 0 Å². The third-order valence-corrected chi connectivity index (χ3v) is 2.89. The molecule has 0 bridgehead atoms. The van der Waals surface area contributed by atoms with Crippen molar-refractivity contribution in [2.75, 3.05) is 0 Å². The number of carbonyl (C=O) groups excluding carboxylic acids is 1. The van der Waals surface area contributed by atoms with Crippen LogP contribution in [0.2, 0.25) is 0 Å². The van der Waals surface area contributed by atoms with Gasteiger partial charge in [0.15, 0.2) is 0 Å². The number of para-hydroxylation sites is 1. The normalized spacial score (nSPS) is 11.2. The van der Waals surface area contributed by atoms with E-state index in [4.69, 9.17) is 0 Å². The van der Waals surface area contributed by atoms with Gasteiger partial charge >= 0.3 is 0 Å². The van der Waals surface area contributed by atoms with E-state index >= 15 is 0 Å². The molecule has 0 atom stereocenters. The lowest BCUT2D eigenvalue weighted by molar-refractivity contribution is 0.104. The summed E-state index contributed by atoms with van der Waals surface area (Å²) < 4.78 is 0. The number of aromatic amines is 1. The van der Waals surface area contributed by atoms with Crippen LogP contribution in [0.25, 0.3) is 17.0 Å². The molecule has 0 aliphatic carbocycles. The SMILES string of the molecule is O=C(/C=C/c1ccc2ccccc2n1)c1ccc[nH]1. The van der Waals surface area contributed by atoms with Crippen molar-refractivity contribution in [1.29, 1.82) is 0 Å². The lowest BCUT2D eigenvalue weighted by Gasteiger charge is -1.98. The Balaban J connectivity index is 1.87. The third kappa shape index (κ3) is 2.45. The van der Waals surface area contributed by atoms with E-state index in [1.54, 1.807) is 24.4 Å². The van der Waals surface area contributed by atoms with E-state index in [-0.39, 0.29) is 5.78 Å². The molecule has 2 aromatic heterocycles. The second-order valence-electron chi connectivity index (χ2n) is 4.21. The van der Waals surface area contributed by atoms with Crippen LogP contribution in [-0.4, -0.2) is 15.8 Å². The Hall–Kier alpha value is -2.68. The van der Waals surface area contributed by atoms with Crippen molar-refractivity contribution in [3.8, 4) is 0 Å². The fraction of sp³-hybridized carbons (Fsp3) is 0. The lowest BCUT2D eigenvalue weighted by Crippen LogP contribution is -1.93. The van der Waals surface area contributed by atoms with Crippen LogP contribution < -0.4 is 0 Å². The van der Waals surface area contributed by atoms with Crippen LogP contribution in [-0.2, 0) is 0 Å². The molecule has 0 aliphatic rings. The number of aromatic nitrogens is 2. The summed E-state index contributed by atoms with van der Waals surface area (Å²) in [5.41, 5.74) is 2.28. The van der Waals surface area contributed by atoms with E-state index in [9.17, 15) is 4.79 Å². The fourth-order valence-corrected chi connectivity index (χ4v) is 1.91. The smallest absolute Gasteiger partial charge is 0.202 e. The quantitative estimate of drug-likeness (QED) is 0.570. The average Bonchev–Trinajstić information content (AvgIpc) is 2.99. The fourth-order valence-electron chi connectivity index (χ4n) is 1.91.